The number of aryl methyl sites for hydroxylation is 2. The standard InChI is InChI=1S/C14H17N5O2S2/c1-8-10(3-4-12(21)19-13-16-5-6-22-13)9(2)18-14(17-8)23-7-11(15)20/h5-6H,3-4,7H2,1-2H3,(H2,15,20)(H,16,19,21). The van der Waals surface area contributed by atoms with Gasteiger partial charge < -0.3 is 11.1 Å². The van der Waals surface area contributed by atoms with Gasteiger partial charge in [0.1, 0.15) is 0 Å². The van der Waals surface area contributed by atoms with Crippen LogP contribution in [0.15, 0.2) is 16.7 Å². The summed E-state index contributed by atoms with van der Waals surface area (Å²) >= 11 is 2.59. The first-order valence-electron chi connectivity index (χ1n) is 6.90. The van der Waals surface area contributed by atoms with E-state index in [4.69, 9.17) is 5.73 Å². The second-order valence-corrected chi connectivity index (χ2v) is 6.63. The van der Waals surface area contributed by atoms with Gasteiger partial charge in [-0.1, -0.05) is 11.8 Å². The summed E-state index contributed by atoms with van der Waals surface area (Å²) in [5.41, 5.74) is 7.69. The van der Waals surface area contributed by atoms with Crippen molar-refractivity contribution >= 4 is 40.0 Å². The number of rotatable bonds is 7. The van der Waals surface area contributed by atoms with Gasteiger partial charge in [0.2, 0.25) is 11.8 Å². The highest BCUT2D eigenvalue weighted by molar-refractivity contribution is 7.99. The molecule has 23 heavy (non-hydrogen) atoms. The first-order chi connectivity index (χ1) is 11.0. The zero-order valence-electron chi connectivity index (χ0n) is 12.8. The molecule has 0 unspecified atom stereocenters. The van der Waals surface area contributed by atoms with Crippen LogP contribution in [0.2, 0.25) is 0 Å². The molecule has 0 saturated heterocycles. The lowest BCUT2D eigenvalue weighted by atomic mass is 10.1. The highest BCUT2D eigenvalue weighted by Gasteiger charge is 2.12. The van der Waals surface area contributed by atoms with Crippen LogP contribution in [0.25, 0.3) is 0 Å². The molecule has 3 N–H and O–H groups in total. The molecule has 0 radical (unpaired) electrons. The van der Waals surface area contributed by atoms with Crippen molar-refractivity contribution in [3.63, 3.8) is 0 Å². The molecule has 2 heterocycles. The Kier molecular flexibility index (Phi) is 6.05. The largest absolute Gasteiger partial charge is 0.369 e. The minimum atomic E-state index is -0.406. The van der Waals surface area contributed by atoms with Gasteiger partial charge in [-0.05, 0) is 25.8 Å². The summed E-state index contributed by atoms with van der Waals surface area (Å²) in [5, 5.41) is 5.67. The van der Waals surface area contributed by atoms with E-state index in [9.17, 15) is 9.59 Å². The molecule has 0 aliphatic carbocycles. The van der Waals surface area contributed by atoms with Crippen LogP contribution in [0.5, 0.6) is 0 Å². The molecule has 7 nitrogen and oxygen atoms in total. The molecule has 0 aliphatic heterocycles. The summed E-state index contributed by atoms with van der Waals surface area (Å²) in [4.78, 5) is 35.5. The van der Waals surface area contributed by atoms with Gasteiger partial charge in [-0.25, -0.2) is 15.0 Å². The monoisotopic (exact) mass is 351 g/mol. The van der Waals surface area contributed by atoms with Crippen LogP contribution in [0, 0.1) is 13.8 Å². The minimum absolute atomic E-state index is 0.0917. The maximum Gasteiger partial charge on any atom is 0.227 e. The van der Waals surface area contributed by atoms with Gasteiger partial charge in [-0.3, -0.25) is 9.59 Å². The molecule has 0 aliphatic rings. The summed E-state index contributed by atoms with van der Waals surface area (Å²) in [7, 11) is 0. The van der Waals surface area contributed by atoms with Crippen molar-refractivity contribution in [3.05, 3.63) is 28.5 Å². The number of amides is 2. The smallest absolute Gasteiger partial charge is 0.227 e. The fourth-order valence-corrected chi connectivity index (χ4v) is 3.20. The van der Waals surface area contributed by atoms with Crippen LogP contribution < -0.4 is 11.1 Å². The molecule has 2 amide bonds. The number of hydrogen-bond donors (Lipinski definition) is 2. The van der Waals surface area contributed by atoms with E-state index in [-0.39, 0.29) is 11.7 Å². The third kappa shape index (κ3) is 5.29. The van der Waals surface area contributed by atoms with E-state index in [0.29, 0.717) is 23.1 Å². The first-order valence-corrected chi connectivity index (χ1v) is 8.77. The van der Waals surface area contributed by atoms with E-state index < -0.39 is 5.91 Å². The Morgan fingerprint density at radius 2 is 2.00 bits per heavy atom. The van der Waals surface area contributed by atoms with Crippen molar-refractivity contribution in [1.29, 1.82) is 0 Å². The second kappa shape index (κ2) is 8.02. The number of primary amides is 1. The SMILES string of the molecule is Cc1nc(SCC(N)=O)nc(C)c1CCC(=O)Nc1nccs1. The number of aromatic nitrogens is 3. The lowest BCUT2D eigenvalue weighted by Crippen LogP contribution is -2.15. The average Bonchev–Trinajstić information content (AvgIpc) is 2.97. The number of carbonyl (C=O) groups is 2. The Morgan fingerprint density at radius 1 is 1.30 bits per heavy atom. The van der Waals surface area contributed by atoms with Crippen LogP contribution in [0.4, 0.5) is 5.13 Å². The zero-order valence-corrected chi connectivity index (χ0v) is 14.5. The van der Waals surface area contributed by atoms with Crippen LogP contribution in [-0.4, -0.2) is 32.5 Å². The van der Waals surface area contributed by atoms with Crippen LogP contribution in [0.1, 0.15) is 23.4 Å². The molecule has 0 aromatic carbocycles. The lowest BCUT2D eigenvalue weighted by molar-refractivity contribution is -0.116. The highest BCUT2D eigenvalue weighted by atomic mass is 32.2. The van der Waals surface area contributed by atoms with Gasteiger partial charge in [0.25, 0.3) is 0 Å². The van der Waals surface area contributed by atoms with E-state index >= 15 is 0 Å². The topological polar surface area (TPSA) is 111 Å². The fraction of sp³-hybridized carbons (Fsp3) is 0.357. The molecule has 2 rings (SSSR count). The van der Waals surface area contributed by atoms with Crippen LogP contribution in [0.3, 0.4) is 0 Å². The summed E-state index contributed by atoms with van der Waals surface area (Å²) in [6, 6.07) is 0. The number of thioether (sulfide) groups is 1. The molecule has 2 aromatic heterocycles. The van der Waals surface area contributed by atoms with Crippen molar-refractivity contribution in [3.8, 4) is 0 Å². The Morgan fingerprint density at radius 3 is 2.57 bits per heavy atom. The number of nitrogens with two attached hydrogens (primary N) is 1. The van der Waals surface area contributed by atoms with E-state index in [0.717, 1.165) is 17.0 Å². The first kappa shape index (κ1) is 17.4. The minimum Gasteiger partial charge on any atom is -0.369 e. The number of carbonyl (C=O) groups excluding carboxylic acids is 2. The number of thiazole rings is 1. The predicted molar refractivity (Wildman–Crippen MR) is 90.5 cm³/mol. The van der Waals surface area contributed by atoms with Crippen molar-refractivity contribution in [1.82, 2.24) is 15.0 Å². The van der Waals surface area contributed by atoms with Gasteiger partial charge in [0.05, 0.1) is 5.75 Å². The molecule has 9 heteroatoms. The van der Waals surface area contributed by atoms with E-state index in [2.05, 4.69) is 20.3 Å². The number of hydrogen-bond acceptors (Lipinski definition) is 7. The third-order valence-electron chi connectivity index (χ3n) is 3.02. The molecule has 2 aromatic rings. The maximum atomic E-state index is 11.9. The predicted octanol–water partition coefficient (Wildman–Crippen LogP) is 1.70. The Balaban J connectivity index is 1.96. The van der Waals surface area contributed by atoms with Gasteiger partial charge in [-0.15, -0.1) is 11.3 Å². The van der Waals surface area contributed by atoms with Gasteiger partial charge >= 0.3 is 0 Å². The normalized spacial score (nSPS) is 10.5. The van der Waals surface area contributed by atoms with Crippen molar-refractivity contribution in [2.75, 3.05) is 11.1 Å². The molecule has 122 valence electrons. The van der Waals surface area contributed by atoms with E-state index in [1.807, 2.05) is 13.8 Å². The molecule has 0 atom stereocenters. The van der Waals surface area contributed by atoms with Gasteiger partial charge in [-0.2, -0.15) is 0 Å². The lowest BCUT2D eigenvalue weighted by Gasteiger charge is -2.10. The molecule has 0 spiro atoms. The number of nitrogens with one attached hydrogen (secondary N) is 1. The Hall–Kier alpha value is -2.00. The summed E-state index contributed by atoms with van der Waals surface area (Å²) < 4.78 is 0. The summed E-state index contributed by atoms with van der Waals surface area (Å²) in [6.45, 7) is 3.74. The quantitative estimate of drug-likeness (QED) is 0.580. The summed E-state index contributed by atoms with van der Waals surface area (Å²) in [6.07, 6.45) is 2.53. The van der Waals surface area contributed by atoms with Gasteiger partial charge in [0.15, 0.2) is 10.3 Å². The zero-order chi connectivity index (χ0) is 16.8. The molecule has 0 saturated carbocycles. The van der Waals surface area contributed by atoms with Crippen LogP contribution in [-0.2, 0) is 16.0 Å². The number of nitrogens with zero attached hydrogens (tertiary/aromatic N) is 3. The Bertz CT molecular complexity index is 680. The molecule has 0 bridgehead atoms. The number of anilines is 1. The molecular formula is C14H17N5O2S2. The third-order valence-corrected chi connectivity index (χ3v) is 4.58. The van der Waals surface area contributed by atoms with Crippen molar-refractivity contribution in [2.45, 2.75) is 31.8 Å². The summed E-state index contributed by atoms with van der Waals surface area (Å²) in [5.74, 6) is -0.350. The highest BCUT2D eigenvalue weighted by Crippen LogP contribution is 2.19. The molecular weight excluding hydrogens is 334 g/mol. The average molecular weight is 351 g/mol. The molecule has 0 fully saturated rings. The van der Waals surface area contributed by atoms with E-state index in [1.165, 1.54) is 23.1 Å². The Labute approximate surface area is 142 Å². The van der Waals surface area contributed by atoms with Crippen molar-refractivity contribution < 1.29 is 9.59 Å². The second-order valence-electron chi connectivity index (χ2n) is 4.80. The van der Waals surface area contributed by atoms with Crippen LogP contribution >= 0.6 is 23.1 Å². The van der Waals surface area contributed by atoms with E-state index in [1.54, 1.807) is 11.6 Å². The fourth-order valence-electron chi connectivity index (χ4n) is 1.98. The maximum absolute atomic E-state index is 11.9. The van der Waals surface area contributed by atoms with Gasteiger partial charge in [0, 0.05) is 29.4 Å². The van der Waals surface area contributed by atoms with Crippen molar-refractivity contribution in [2.24, 2.45) is 5.73 Å².